The molecular weight excluding hydrogens is 193 g/mol. The van der Waals surface area contributed by atoms with Crippen LogP contribution in [0.1, 0.15) is 11.1 Å². The highest BCUT2D eigenvalue weighted by molar-refractivity contribution is 5.85. The van der Waals surface area contributed by atoms with E-state index in [1.807, 2.05) is 6.92 Å². The van der Waals surface area contributed by atoms with Gasteiger partial charge in [-0.25, -0.2) is 4.39 Å². The predicted molar refractivity (Wildman–Crippen MR) is 58.6 cm³/mol. The van der Waals surface area contributed by atoms with Crippen LogP contribution in [-0.2, 0) is 7.05 Å². The van der Waals surface area contributed by atoms with Crippen LogP contribution in [0.15, 0.2) is 23.1 Å². The van der Waals surface area contributed by atoms with Crippen LogP contribution in [0, 0.1) is 19.7 Å². The van der Waals surface area contributed by atoms with Crippen LogP contribution in [0.5, 0.6) is 0 Å². The van der Waals surface area contributed by atoms with Crippen molar-refractivity contribution in [2.75, 3.05) is 0 Å². The summed E-state index contributed by atoms with van der Waals surface area (Å²) in [5.74, 6) is -0.265. The summed E-state index contributed by atoms with van der Waals surface area (Å²) in [6, 6.07) is 3.04. The van der Waals surface area contributed by atoms with Gasteiger partial charge >= 0.3 is 0 Å². The molecule has 2 nitrogen and oxygen atoms in total. The zero-order valence-corrected chi connectivity index (χ0v) is 8.97. The topological polar surface area (TPSA) is 22.0 Å². The summed E-state index contributed by atoms with van der Waals surface area (Å²) < 4.78 is 14.9. The second-order valence-corrected chi connectivity index (χ2v) is 3.88. The van der Waals surface area contributed by atoms with Gasteiger partial charge < -0.3 is 4.57 Å². The number of hydrogen-bond acceptors (Lipinski definition) is 1. The van der Waals surface area contributed by atoms with Gasteiger partial charge in [0, 0.05) is 18.6 Å². The molecule has 0 saturated carbocycles. The lowest BCUT2D eigenvalue weighted by Gasteiger charge is -2.06. The van der Waals surface area contributed by atoms with Crippen molar-refractivity contribution in [3.63, 3.8) is 0 Å². The van der Waals surface area contributed by atoms with E-state index in [0.29, 0.717) is 16.3 Å². The molecule has 0 aliphatic heterocycles. The van der Waals surface area contributed by atoms with Gasteiger partial charge in [0.2, 0.25) is 0 Å². The SMILES string of the molecule is Cc1cc2c(=O)n(C)cc(C)c2cc1F. The molecule has 0 aliphatic rings. The Morgan fingerprint density at radius 1 is 1.13 bits per heavy atom. The van der Waals surface area contributed by atoms with Gasteiger partial charge in [-0.2, -0.15) is 0 Å². The minimum absolute atomic E-state index is 0.0845. The first-order valence-corrected chi connectivity index (χ1v) is 4.77. The van der Waals surface area contributed by atoms with Crippen molar-refractivity contribution in [2.24, 2.45) is 7.05 Å². The third-order valence-electron chi connectivity index (χ3n) is 2.66. The molecule has 1 aromatic heterocycles. The molecule has 0 N–H and O–H groups in total. The molecular formula is C12H12FNO. The zero-order valence-electron chi connectivity index (χ0n) is 8.97. The van der Waals surface area contributed by atoms with Crippen molar-refractivity contribution in [2.45, 2.75) is 13.8 Å². The van der Waals surface area contributed by atoms with E-state index >= 15 is 0 Å². The molecule has 0 spiro atoms. The molecule has 0 bridgehead atoms. The van der Waals surface area contributed by atoms with Crippen molar-refractivity contribution in [1.29, 1.82) is 0 Å². The number of nitrogens with zero attached hydrogens (tertiary/aromatic N) is 1. The molecule has 1 aromatic carbocycles. The Labute approximate surface area is 87.0 Å². The molecule has 0 amide bonds. The van der Waals surface area contributed by atoms with E-state index in [1.165, 1.54) is 10.6 Å². The van der Waals surface area contributed by atoms with Gasteiger partial charge in [0.25, 0.3) is 5.56 Å². The van der Waals surface area contributed by atoms with Gasteiger partial charge in [0.1, 0.15) is 5.82 Å². The highest BCUT2D eigenvalue weighted by Gasteiger charge is 2.07. The smallest absolute Gasteiger partial charge is 0.258 e. The highest BCUT2D eigenvalue weighted by Crippen LogP contribution is 2.18. The first-order valence-electron chi connectivity index (χ1n) is 4.77. The van der Waals surface area contributed by atoms with Crippen molar-refractivity contribution in [3.8, 4) is 0 Å². The number of pyridine rings is 1. The van der Waals surface area contributed by atoms with E-state index in [0.717, 1.165) is 5.56 Å². The summed E-state index contributed by atoms with van der Waals surface area (Å²) in [6.07, 6.45) is 1.72. The lowest BCUT2D eigenvalue weighted by molar-refractivity contribution is 0.620. The number of fused-ring (bicyclic) bond motifs is 1. The van der Waals surface area contributed by atoms with E-state index < -0.39 is 0 Å². The highest BCUT2D eigenvalue weighted by atomic mass is 19.1. The standard InChI is InChI=1S/C12H12FNO/c1-7-4-10-9(5-11(7)13)8(2)6-14(3)12(10)15/h4-6H,1-3H3. The summed E-state index contributed by atoms with van der Waals surface area (Å²) in [5, 5.41) is 1.28. The zero-order chi connectivity index (χ0) is 11.2. The molecule has 3 heteroatoms. The lowest BCUT2D eigenvalue weighted by atomic mass is 10.1. The van der Waals surface area contributed by atoms with Gasteiger partial charge in [-0.05, 0) is 42.5 Å². The number of aromatic nitrogens is 1. The predicted octanol–water partition coefficient (Wildman–Crippen LogP) is 2.29. The van der Waals surface area contributed by atoms with Crippen LogP contribution in [0.4, 0.5) is 4.39 Å². The largest absolute Gasteiger partial charge is 0.318 e. The Morgan fingerprint density at radius 3 is 2.47 bits per heavy atom. The summed E-state index contributed by atoms with van der Waals surface area (Å²) >= 11 is 0. The minimum Gasteiger partial charge on any atom is -0.318 e. The molecule has 0 saturated heterocycles. The van der Waals surface area contributed by atoms with Crippen LogP contribution in [0.2, 0.25) is 0 Å². The van der Waals surface area contributed by atoms with E-state index in [2.05, 4.69) is 0 Å². The van der Waals surface area contributed by atoms with Crippen LogP contribution >= 0.6 is 0 Å². The molecule has 15 heavy (non-hydrogen) atoms. The second kappa shape index (κ2) is 3.19. The van der Waals surface area contributed by atoms with Gasteiger partial charge in [-0.3, -0.25) is 4.79 Å². The molecule has 0 atom stereocenters. The number of halogens is 1. The first kappa shape index (κ1) is 9.90. The van der Waals surface area contributed by atoms with E-state index in [1.54, 1.807) is 26.2 Å². The van der Waals surface area contributed by atoms with Crippen LogP contribution in [0.3, 0.4) is 0 Å². The molecule has 1 heterocycles. The van der Waals surface area contributed by atoms with Crippen LogP contribution < -0.4 is 5.56 Å². The Bertz CT molecular complexity index is 599. The summed E-state index contributed by atoms with van der Waals surface area (Å²) in [7, 11) is 1.70. The van der Waals surface area contributed by atoms with Crippen molar-refractivity contribution >= 4 is 10.8 Å². The van der Waals surface area contributed by atoms with Crippen LogP contribution in [-0.4, -0.2) is 4.57 Å². The van der Waals surface area contributed by atoms with E-state index in [-0.39, 0.29) is 11.4 Å². The molecule has 0 fully saturated rings. The molecule has 0 radical (unpaired) electrons. The van der Waals surface area contributed by atoms with E-state index in [4.69, 9.17) is 0 Å². The minimum atomic E-state index is -0.265. The summed E-state index contributed by atoms with van der Waals surface area (Å²) in [5.41, 5.74) is 1.33. The maximum atomic E-state index is 13.4. The van der Waals surface area contributed by atoms with Crippen molar-refractivity contribution < 1.29 is 4.39 Å². The fourth-order valence-corrected chi connectivity index (χ4v) is 1.79. The van der Waals surface area contributed by atoms with Gasteiger partial charge in [0.15, 0.2) is 0 Å². The monoisotopic (exact) mass is 205 g/mol. The van der Waals surface area contributed by atoms with Crippen LogP contribution in [0.25, 0.3) is 10.8 Å². The molecule has 2 rings (SSSR count). The Balaban J connectivity index is 3.04. The number of rotatable bonds is 0. The molecule has 2 aromatic rings. The lowest BCUT2D eigenvalue weighted by Crippen LogP contribution is -2.17. The fraction of sp³-hybridized carbons (Fsp3) is 0.250. The Hall–Kier alpha value is -1.64. The first-order chi connectivity index (χ1) is 7.00. The number of benzene rings is 1. The average Bonchev–Trinajstić information content (AvgIpc) is 2.18. The fourth-order valence-electron chi connectivity index (χ4n) is 1.79. The van der Waals surface area contributed by atoms with Crippen molar-refractivity contribution in [3.05, 3.63) is 45.6 Å². The molecule has 0 unspecified atom stereocenters. The normalized spacial score (nSPS) is 10.9. The van der Waals surface area contributed by atoms with Gasteiger partial charge in [-0.1, -0.05) is 0 Å². The van der Waals surface area contributed by atoms with Crippen molar-refractivity contribution in [1.82, 2.24) is 4.57 Å². The van der Waals surface area contributed by atoms with E-state index in [9.17, 15) is 9.18 Å². The second-order valence-electron chi connectivity index (χ2n) is 3.88. The number of hydrogen-bond donors (Lipinski definition) is 0. The Kier molecular flexibility index (Phi) is 2.11. The Morgan fingerprint density at radius 2 is 1.80 bits per heavy atom. The molecule has 78 valence electrons. The maximum absolute atomic E-state index is 13.4. The average molecular weight is 205 g/mol. The molecule has 0 aliphatic carbocycles. The summed E-state index contributed by atoms with van der Waals surface area (Å²) in [6.45, 7) is 3.53. The van der Waals surface area contributed by atoms with Gasteiger partial charge in [-0.15, -0.1) is 0 Å². The maximum Gasteiger partial charge on any atom is 0.258 e. The third-order valence-corrected chi connectivity index (χ3v) is 2.66. The quantitative estimate of drug-likeness (QED) is 0.646. The summed E-state index contributed by atoms with van der Waals surface area (Å²) in [4.78, 5) is 11.8. The van der Waals surface area contributed by atoms with Gasteiger partial charge in [0.05, 0.1) is 0 Å². The third kappa shape index (κ3) is 1.44. The number of aryl methyl sites for hydroxylation is 3.